The van der Waals surface area contributed by atoms with Crippen LogP contribution in [0.2, 0.25) is 0 Å². The summed E-state index contributed by atoms with van der Waals surface area (Å²) in [6, 6.07) is 2.13. The highest BCUT2D eigenvalue weighted by molar-refractivity contribution is 7.18. The minimum Gasteiger partial charge on any atom is -0.428 e. The molecule has 1 unspecified atom stereocenters. The summed E-state index contributed by atoms with van der Waals surface area (Å²) in [5.74, 6) is 0.465. The van der Waals surface area contributed by atoms with Crippen molar-refractivity contribution in [2.75, 3.05) is 36.2 Å². The summed E-state index contributed by atoms with van der Waals surface area (Å²) >= 11 is 1.66. The predicted molar refractivity (Wildman–Crippen MR) is 177 cm³/mol. The van der Waals surface area contributed by atoms with Crippen molar-refractivity contribution in [3.05, 3.63) is 22.6 Å². The Balaban J connectivity index is 1.16. The molecule has 48 heavy (non-hydrogen) atoms. The molecule has 0 bridgehead atoms. The number of nitrogens with zero attached hydrogens (tertiary/aromatic N) is 7. The number of rotatable bonds is 13. The van der Waals surface area contributed by atoms with E-state index in [0.717, 1.165) is 86.9 Å². The van der Waals surface area contributed by atoms with E-state index in [2.05, 4.69) is 28.1 Å². The maximum atomic E-state index is 13.5. The van der Waals surface area contributed by atoms with E-state index >= 15 is 0 Å². The third-order valence-electron chi connectivity index (χ3n) is 8.78. The molecule has 0 N–H and O–H groups in total. The van der Waals surface area contributed by atoms with Crippen LogP contribution in [0.15, 0.2) is 6.07 Å². The number of hydrogen-bond acceptors (Lipinski definition) is 11. The van der Waals surface area contributed by atoms with Gasteiger partial charge in [-0.3, -0.25) is 9.59 Å². The number of aryl methyl sites for hydroxylation is 1. The van der Waals surface area contributed by atoms with Gasteiger partial charge in [-0.1, -0.05) is 32.6 Å². The third-order valence-corrected chi connectivity index (χ3v) is 9.87. The molecular weight excluding hydrogens is 647 g/mol. The van der Waals surface area contributed by atoms with Crippen LogP contribution in [0.25, 0.3) is 10.2 Å². The van der Waals surface area contributed by atoms with Crippen LogP contribution >= 0.6 is 11.3 Å². The van der Waals surface area contributed by atoms with Crippen LogP contribution < -0.4 is 9.80 Å². The van der Waals surface area contributed by atoms with Gasteiger partial charge in [0.05, 0.1) is 17.3 Å². The summed E-state index contributed by atoms with van der Waals surface area (Å²) in [6.07, 6.45) is 4.64. The topological polar surface area (TPSA) is 116 Å². The number of hydrogen-bond donors (Lipinski definition) is 0. The van der Waals surface area contributed by atoms with Crippen molar-refractivity contribution in [1.29, 1.82) is 0 Å². The highest BCUT2D eigenvalue weighted by atomic mass is 32.1. The van der Waals surface area contributed by atoms with Crippen LogP contribution in [0.1, 0.15) is 102 Å². The van der Waals surface area contributed by atoms with E-state index in [9.17, 15) is 22.8 Å². The minimum absolute atomic E-state index is 0.129. The van der Waals surface area contributed by atoms with Crippen LogP contribution in [0, 0.1) is 11.3 Å². The molecule has 264 valence electrons. The molecule has 3 aromatic heterocycles. The number of fused-ring (bicyclic) bond motifs is 2. The Bertz CT molecular complexity index is 1570. The molecule has 1 fully saturated rings. The van der Waals surface area contributed by atoms with Gasteiger partial charge in [0.25, 0.3) is 0 Å². The first-order chi connectivity index (χ1) is 22.8. The molecular formula is C33H46F3N7O4S. The molecule has 1 atom stereocenters. The average molecular weight is 694 g/mol. The molecule has 1 saturated heterocycles. The van der Waals surface area contributed by atoms with Crippen molar-refractivity contribution in [3.63, 3.8) is 0 Å². The molecule has 0 saturated carbocycles. The van der Waals surface area contributed by atoms with Gasteiger partial charge in [0.2, 0.25) is 18.6 Å². The van der Waals surface area contributed by atoms with Crippen LogP contribution in [0.5, 0.6) is 0 Å². The zero-order chi connectivity index (χ0) is 34.5. The monoisotopic (exact) mass is 693 g/mol. The van der Waals surface area contributed by atoms with Gasteiger partial charge in [-0.2, -0.15) is 18.2 Å². The fourth-order valence-electron chi connectivity index (χ4n) is 6.22. The van der Waals surface area contributed by atoms with E-state index in [0.29, 0.717) is 24.8 Å². The predicted octanol–water partition coefficient (Wildman–Crippen LogP) is 6.92. The number of halogens is 3. The van der Waals surface area contributed by atoms with Crippen LogP contribution in [0.4, 0.5) is 24.9 Å². The molecule has 5 heterocycles. The maximum absolute atomic E-state index is 13.5. The zero-order valence-electron chi connectivity index (χ0n) is 28.3. The Morgan fingerprint density at radius 1 is 1.00 bits per heavy atom. The lowest BCUT2D eigenvalue weighted by atomic mass is 9.92. The van der Waals surface area contributed by atoms with Gasteiger partial charge >= 0.3 is 18.1 Å². The Morgan fingerprint density at radius 3 is 2.54 bits per heavy atom. The number of thiophene rings is 1. The summed E-state index contributed by atoms with van der Waals surface area (Å²) < 4.78 is 51.6. The molecule has 11 nitrogen and oxygen atoms in total. The van der Waals surface area contributed by atoms with E-state index in [-0.39, 0.29) is 31.7 Å². The number of ether oxygens (including phenoxy) is 2. The Morgan fingerprint density at radius 2 is 1.79 bits per heavy atom. The summed E-state index contributed by atoms with van der Waals surface area (Å²) in [4.78, 5) is 40.2. The summed E-state index contributed by atoms with van der Waals surface area (Å²) in [6.45, 7) is 9.40. The van der Waals surface area contributed by atoms with E-state index in [1.807, 2.05) is 4.90 Å². The largest absolute Gasteiger partial charge is 0.451 e. The number of carbonyl (C=O) groups is 2. The average Bonchev–Trinajstić information content (AvgIpc) is 3.66. The standard InChI is InChI=1S/C33H46F3N7O4S/c1-5-11-23-18-24-27(41-16-17-43-25(20-41)39-40-29(43)33(34,35)36)37-31(38-28(24)48-23)42-15-10-13-22(19-42)12-8-6-7-9-14-26(44)46-21-47-30(45)32(2,3)4/h18,22H,5-17,19-21H2,1-4H3. The highest BCUT2D eigenvalue weighted by Gasteiger charge is 2.40. The van der Waals surface area contributed by atoms with Gasteiger partial charge < -0.3 is 23.8 Å². The van der Waals surface area contributed by atoms with Gasteiger partial charge in [-0.15, -0.1) is 21.5 Å². The van der Waals surface area contributed by atoms with Crippen molar-refractivity contribution in [3.8, 4) is 0 Å². The summed E-state index contributed by atoms with van der Waals surface area (Å²) in [5.41, 5.74) is -0.638. The third kappa shape index (κ3) is 8.94. The minimum atomic E-state index is -4.55. The smallest absolute Gasteiger partial charge is 0.428 e. The van der Waals surface area contributed by atoms with Gasteiger partial charge in [-0.05, 0) is 64.9 Å². The van der Waals surface area contributed by atoms with Gasteiger partial charge in [-0.25, -0.2) is 4.98 Å². The summed E-state index contributed by atoms with van der Waals surface area (Å²) in [7, 11) is 0. The second-order valence-electron chi connectivity index (χ2n) is 13.8. The normalized spacial score (nSPS) is 17.1. The molecule has 0 radical (unpaired) electrons. The second-order valence-corrected chi connectivity index (χ2v) is 14.9. The second kappa shape index (κ2) is 15.4. The lowest BCUT2D eigenvalue weighted by molar-refractivity contribution is -0.173. The van der Waals surface area contributed by atoms with Gasteiger partial charge in [0.15, 0.2) is 5.82 Å². The fraction of sp³-hybridized carbons (Fsp3) is 0.697. The number of carbonyl (C=O) groups excluding carboxylic acids is 2. The molecule has 3 aromatic rings. The van der Waals surface area contributed by atoms with Crippen molar-refractivity contribution in [1.82, 2.24) is 24.7 Å². The highest BCUT2D eigenvalue weighted by Crippen LogP contribution is 2.37. The van der Waals surface area contributed by atoms with Crippen molar-refractivity contribution >= 4 is 45.3 Å². The van der Waals surface area contributed by atoms with Crippen LogP contribution in [-0.4, -0.2) is 63.1 Å². The molecule has 0 spiro atoms. The number of unbranched alkanes of at least 4 members (excludes halogenated alkanes) is 3. The number of anilines is 2. The number of piperidine rings is 1. The van der Waals surface area contributed by atoms with Crippen molar-refractivity contribution in [2.24, 2.45) is 11.3 Å². The van der Waals surface area contributed by atoms with E-state index < -0.39 is 23.4 Å². The first-order valence-electron chi connectivity index (χ1n) is 17.0. The molecule has 5 rings (SSSR count). The van der Waals surface area contributed by atoms with Gasteiger partial charge in [0.1, 0.15) is 10.6 Å². The molecule has 0 aliphatic carbocycles. The quantitative estimate of drug-likeness (QED) is 0.106. The Kier molecular flexibility index (Phi) is 11.5. The molecule has 2 aliphatic rings. The maximum Gasteiger partial charge on any atom is 0.451 e. The van der Waals surface area contributed by atoms with Crippen LogP contribution in [-0.2, 0) is 44.7 Å². The number of aromatic nitrogens is 5. The Hall–Kier alpha value is -3.49. The molecule has 15 heteroatoms. The van der Waals surface area contributed by atoms with E-state index in [1.54, 1.807) is 32.1 Å². The first-order valence-corrected chi connectivity index (χ1v) is 17.8. The zero-order valence-corrected chi connectivity index (χ0v) is 29.1. The fourth-order valence-corrected chi connectivity index (χ4v) is 7.34. The molecule has 0 amide bonds. The molecule has 0 aromatic carbocycles. The molecule has 2 aliphatic heterocycles. The lowest BCUT2D eigenvalue weighted by Crippen LogP contribution is -2.38. The SMILES string of the molecule is CCCc1cc2c(N3CCn4c(nnc4C(F)(F)F)C3)nc(N3CCCC(CCCCCCC(=O)OCOC(=O)C(C)(C)C)C3)nc2s1. The lowest BCUT2D eigenvalue weighted by Gasteiger charge is -2.34. The van der Waals surface area contributed by atoms with E-state index in [4.69, 9.17) is 19.4 Å². The van der Waals surface area contributed by atoms with Crippen molar-refractivity contribution < 1.29 is 32.2 Å². The summed E-state index contributed by atoms with van der Waals surface area (Å²) in [5, 5.41) is 8.25. The van der Waals surface area contributed by atoms with Crippen LogP contribution in [0.3, 0.4) is 0 Å². The number of esters is 2. The number of alkyl halides is 3. The Labute approximate surface area is 283 Å². The first kappa shape index (κ1) is 35.8. The van der Waals surface area contributed by atoms with Crippen molar-refractivity contribution in [2.45, 2.75) is 111 Å². The van der Waals surface area contributed by atoms with Gasteiger partial charge in [0, 0.05) is 37.5 Å². The van der Waals surface area contributed by atoms with E-state index in [1.165, 1.54) is 9.44 Å².